The SMILES string of the molecule is CCCC1=CCCC(CCC)C1C=O. The molecule has 1 aliphatic rings. The largest absolute Gasteiger partial charge is 0.303 e. The Morgan fingerprint density at radius 3 is 2.79 bits per heavy atom. The van der Waals surface area contributed by atoms with Crippen LogP contribution >= 0.6 is 0 Å². The molecule has 0 aromatic heterocycles. The lowest BCUT2D eigenvalue weighted by Gasteiger charge is -2.28. The van der Waals surface area contributed by atoms with Crippen LogP contribution in [0, 0.1) is 11.8 Å². The summed E-state index contributed by atoms with van der Waals surface area (Å²) in [6.45, 7) is 4.39. The van der Waals surface area contributed by atoms with Crippen molar-refractivity contribution in [2.75, 3.05) is 0 Å². The molecule has 1 nitrogen and oxygen atoms in total. The topological polar surface area (TPSA) is 17.1 Å². The molecule has 2 unspecified atom stereocenters. The summed E-state index contributed by atoms with van der Waals surface area (Å²) >= 11 is 0. The van der Waals surface area contributed by atoms with Crippen LogP contribution in [-0.2, 0) is 4.79 Å². The minimum atomic E-state index is 0.239. The predicted octanol–water partition coefficient (Wildman–Crippen LogP) is 3.74. The van der Waals surface area contributed by atoms with Crippen LogP contribution in [0.1, 0.15) is 52.4 Å². The van der Waals surface area contributed by atoms with Gasteiger partial charge in [-0.25, -0.2) is 0 Å². The van der Waals surface area contributed by atoms with Crippen molar-refractivity contribution in [3.63, 3.8) is 0 Å². The molecule has 0 aromatic carbocycles. The van der Waals surface area contributed by atoms with E-state index in [2.05, 4.69) is 19.9 Å². The second-order valence-electron chi connectivity index (χ2n) is 4.32. The third kappa shape index (κ3) is 2.70. The number of allylic oxidation sites excluding steroid dienone is 2. The molecule has 0 saturated carbocycles. The quantitative estimate of drug-likeness (QED) is 0.481. The molecule has 14 heavy (non-hydrogen) atoms. The van der Waals surface area contributed by atoms with Crippen molar-refractivity contribution in [2.45, 2.75) is 52.4 Å². The first-order chi connectivity index (χ1) is 6.83. The third-order valence-corrected chi connectivity index (χ3v) is 3.22. The van der Waals surface area contributed by atoms with E-state index in [1.54, 1.807) is 0 Å². The van der Waals surface area contributed by atoms with Crippen molar-refractivity contribution in [3.05, 3.63) is 11.6 Å². The minimum absolute atomic E-state index is 0.239. The first-order valence-corrected chi connectivity index (χ1v) is 5.97. The molecule has 0 saturated heterocycles. The zero-order chi connectivity index (χ0) is 10.4. The summed E-state index contributed by atoms with van der Waals surface area (Å²) in [6.07, 6.45) is 10.6. The van der Waals surface area contributed by atoms with Gasteiger partial charge in [0.2, 0.25) is 0 Å². The Hall–Kier alpha value is -0.590. The lowest BCUT2D eigenvalue weighted by atomic mass is 9.76. The van der Waals surface area contributed by atoms with E-state index in [9.17, 15) is 4.79 Å². The van der Waals surface area contributed by atoms with Crippen LogP contribution in [0.3, 0.4) is 0 Å². The molecular formula is C13H22O. The highest BCUT2D eigenvalue weighted by Crippen LogP contribution is 2.34. The van der Waals surface area contributed by atoms with Gasteiger partial charge in [0.05, 0.1) is 0 Å². The molecule has 0 N–H and O–H groups in total. The summed E-state index contributed by atoms with van der Waals surface area (Å²) in [4.78, 5) is 11.1. The molecule has 0 fully saturated rings. The standard InChI is InChI=1S/C13H22O/c1-3-6-11-8-5-9-12(7-4-2)13(11)10-14/h8,10,12-13H,3-7,9H2,1-2H3. The Morgan fingerprint density at radius 1 is 1.43 bits per heavy atom. The van der Waals surface area contributed by atoms with Gasteiger partial charge in [-0.1, -0.05) is 38.3 Å². The second kappa shape index (κ2) is 6.00. The van der Waals surface area contributed by atoms with E-state index in [0.717, 1.165) is 12.8 Å². The summed E-state index contributed by atoms with van der Waals surface area (Å²) in [7, 11) is 0. The first kappa shape index (κ1) is 11.5. The second-order valence-corrected chi connectivity index (χ2v) is 4.32. The van der Waals surface area contributed by atoms with E-state index in [1.165, 1.54) is 37.5 Å². The van der Waals surface area contributed by atoms with Gasteiger partial charge < -0.3 is 4.79 Å². The monoisotopic (exact) mass is 194 g/mol. The van der Waals surface area contributed by atoms with E-state index in [-0.39, 0.29) is 5.92 Å². The number of hydrogen-bond acceptors (Lipinski definition) is 1. The van der Waals surface area contributed by atoms with Gasteiger partial charge in [-0.2, -0.15) is 0 Å². The fraction of sp³-hybridized carbons (Fsp3) is 0.769. The maximum Gasteiger partial charge on any atom is 0.127 e. The lowest BCUT2D eigenvalue weighted by molar-refractivity contribution is -0.111. The van der Waals surface area contributed by atoms with Crippen molar-refractivity contribution in [1.29, 1.82) is 0 Å². The lowest BCUT2D eigenvalue weighted by Crippen LogP contribution is -2.21. The van der Waals surface area contributed by atoms with Crippen molar-refractivity contribution in [2.24, 2.45) is 11.8 Å². The van der Waals surface area contributed by atoms with E-state index in [0.29, 0.717) is 5.92 Å². The third-order valence-electron chi connectivity index (χ3n) is 3.22. The van der Waals surface area contributed by atoms with Crippen LogP contribution in [0.4, 0.5) is 0 Å². The number of aldehydes is 1. The molecule has 0 spiro atoms. The summed E-state index contributed by atoms with van der Waals surface area (Å²) < 4.78 is 0. The summed E-state index contributed by atoms with van der Waals surface area (Å²) in [6, 6.07) is 0. The van der Waals surface area contributed by atoms with Crippen LogP contribution in [0.5, 0.6) is 0 Å². The van der Waals surface area contributed by atoms with Gasteiger partial charge in [-0.3, -0.25) is 0 Å². The average molecular weight is 194 g/mol. The van der Waals surface area contributed by atoms with E-state index in [4.69, 9.17) is 0 Å². The summed E-state index contributed by atoms with van der Waals surface area (Å²) in [5.41, 5.74) is 1.41. The van der Waals surface area contributed by atoms with Crippen molar-refractivity contribution < 1.29 is 4.79 Å². The first-order valence-electron chi connectivity index (χ1n) is 5.97. The molecule has 0 heterocycles. The number of hydrogen-bond donors (Lipinski definition) is 0. The van der Waals surface area contributed by atoms with Crippen molar-refractivity contribution in [1.82, 2.24) is 0 Å². The molecule has 0 aromatic rings. The zero-order valence-electron chi connectivity index (χ0n) is 9.46. The zero-order valence-corrected chi connectivity index (χ0v) is 9.46. The molecule has 2 atom stereocenters. The van der Waals surface area contributed by atoms with Crippen LogP contribution in [-0.4, -0.2) is 6.29 Å². The molecule has 80 valence electrons. The fourth-order valence-electron chi connectivity index (χ4n) is 2.55. The molecule has 0 aliphatic heterocycles. The Morgan fingerprint density at radius 2 is 2.21 bits per heavy atom. The average Bonchev–Trinajstić information content (AvgIpc) is 2.19. The van der Waals surface area contributed by atoms with Gasteiger partial charge in [-0.15, -0.1) is 0 Å². The van der Waals surface area contributed by atoms with E-state index in [1.807, 2.05) is 0 Å². The summed E-state index contributed by atoms with van der Waals surface area (Å²) in [5.74, 6) is 0.868. The molecule has 1 heteroatoms. The Labute approximate surface area is 87.6 Å². The minimum Gasteiger partial charge on any atom is -0.303 e. The number of rotatable bonds is 5. The molecule has 0 amide bonds. The summed E-state index contributed by atoms with van der Waals surface area (Å²) in [5, 5.41) is 0. The van der Waals surface area contributed by atoms with Gasteiger partial charge in [0.1, 0.15) is 6.29 Å². The highest BCUT2D eigenvalue weighted by Gasteiger charge is 2.25. The van der Waals surface area contributed by atoms with Gasteiger partial charge in [0.15, 0.2) is 0 Å². The van der Waals surface area contributed by atoms with Gasteiger partial charge in [0, 0.05) is 5.92 Å². The normalized spacial score (nSPS) is 27.1. The Balaban J connectivity index is 2.65. The molecule has 1 rings (SSSR count). The van der Waals surface area contributed by atoms with Gasteiger partial charge >= 0.3 is 0 Å². The van der Waals surface area contributed by atoms with Gasteiger partial charge in [-0.05, 0) is 31.6 Å². The van der Waals surface area contributed by atoms with E-state index < -0.39 is 0 Å². The Kier molecular flexibility index (Phi) is 4.92. The number of carbonyl (C=O) groups excluding carboxylic acids is 1. The molecule has 0 bridgehead atoms. The van der Waals surface area contributed by atoms with Crippen molar-refractivity contribution >= 4 is 6.29 Å². The Bertz CT molecular complexity index is 205. The van der Waals surface area contributed by atoms with Gasteiger partial charge in [0.25, 0.3) is 0 Å². The van der Waals surface area contributed by atoms with Crippen LogP contribution in [0.15, 0.2) is 11.6 Å². The van der Waals surface area contributed by atoms with E-state index >= 15 is 0 Å². The number of carbonyl (C=O) groups is 1. The fourth-order valence-corrected chi connectivity index (χ4v) is 2.55. The molecule has 0 radical (unpaired) electrons. The highest BCUT2D eigenvalue weighted by atomic mass is 16.1. The molecule has 1 aliphatic carbocycles. The highest BCUT2D eigenvalue weighted by molar-refractivity contribution is 5.60. The molecular weight excluding hydrogens is 172 g/mol. The van der Waals surface area contributed by atoms with Crippen LogP contribution in [0.2, 0.25) is 0 Å². The maximum atomic E-state index is 11.1. The smallest absolute Gasteiger partial charge is 0.127 e. The maximum absolute atomic E-state index is 11.1. The van der Waals surface area contributed by atoms with Crippen molar-refractivity contribution in [3.8, 4) is 0 Å². The van der Waals surface area contributed by atoms with Crippen LogP contribution < -0.4 is 0 Å². The van der Waals surface area contributed by atoms with Crippen LogP contribution in [0.25, 0.3) is 0 Å². The predicted molar refractivity (Wildman–Crippen MR) is 60.2 cm³/mol.